The number of aliphatic imine (C=N–C) groups is 1. The molecule has 0 aromatic carbocycles. The third-order valence-corrected chi connectivity index (χ3v) is 4.83. The molecule has 0 bridgehead atoms. The van der Waals surface area contributed by atoms with Crippen LogP contribution >= 0.6 is 24.0 Å². The van der Waals surface area contributed by atoms with Crippen LogP contribution < -0.4 is 15.4 Å². The van der Waals surface area contributed by atoms with E-state index in [1.54, 1.807) is 6.33 Å². The van der Waals surface area contributed by atoms with E-state index in [1.165, 1.54) is 12.8 Å². The van der Waals surface area contributed by atoms with Crippen molar-refractivity contribution in [1.82, 2.24) is 30.1 Å². The normalized spacial score (nSPS) is 15.7. The highest BCUT2D eigenvalue weighted by molar-refractivity contribution is 14.0. The van der Waals surface area contributed by atoms with Gasteiger partial charge >= 0.3 is 0 Å². The fourth-order valence-corrected chi connectivity index (χ4v) is 3.31. The van der Waals surface area contributed by atoms with Gasteiger partial charge in [-0.2, -0.15) is 0 Å². The zero-order valence-corrected chi connectivity index (χ0v) is 18.6. The molecule has 2 rings (SSSR count). The summed E-state index contributed by atoms with van der Waals surface area (Å²) in [4.78, 5) is 4.48. The van der Waals surface area contributed by atoms with Crippen LogP contribution in [0.25, 0.3) is 0 Å². The van der Waals surface area contributed by atoms with E-state index in [4.69, 9.17) is 0 Å². The first-order valence-corrected chi connectivity index (χ1v) is 10.7. The first-order valence-electron chi connectivity index (χ1n) is 8.84. The summed E-state index contributed by atoms with van der Waals surface area (Å²) in [6.07, 6.45) is 8.50. The molecular formula is C15H30IN7O2S. The highest BCUT2D eigenvalue weighted by Crippen LogP contribution is 2.17. The number of hydrogen-bond donors (Lipinski definition) is 3. The molecule has 1 saturated carbocycles. The summed E-state index contributed by atoms with van der Waals surface area (Å²) in [5, 5.41) is 14.8. The number of halogens is 1. The smallest absolute Gasteiger partial charge is 0.208 e. The zero-order chi connectivity index (χ0) is 18.1. The van der Waals surface area contributed by atoms with Crippen molar-refractivity contribution in [3.05, 3.63) is 12.2 Å². The molecule has 9 nitrogen and oxygen atoms in total. The standard InChI is InChI=1S/C15H29N7O2S.HI/c1-3-14-21-18-12-22(14)11-10-17-15(20-13-6-4-5-7-13)16-8-9-19-25(2,23)24;/h12-13,19H,3-11H2,1-2H3,(H2,16,17,20);1H. The van der Waals surface area contributed by atoms with Crippen molar-refractivity contribution in [2.45, 2.75) is 51.6 Å². The zero-order valence-electron chi connectivity index (χ0n) is 15.4. The number of aromatic nitrogens is 3. The average Bonchev–Trinajstić information content (AvgIpc) is 3.21. The molecule has 0 radical (unpaired) electrons. The monoisotopic (exact) mass is 499 g/mol. The van der Waals surface area contributed by atoms with Crippen LogP contribution in [0.15, 0.2) is 11.3 Å². The van der Waals surface area contributed by atoms with Gasteiger partial charge < -0.3 is 15.2 Å². The number of nitrogens with one attached hydrogen (secondary N) is 3. The minimum absolute atomic E-state index is 0. The first-order chi connectivity index (χ1) is 12.0. The van der Waals surface area contributed by atoms with Crippen LogP contribution in [0.4, 0.5) is 0 Å². The van der Waals surface area contributed by atoms with Gasteiger partial charge in [-0.15, -0.1) is 34.2 Å². The molecular weight excluding hydrogens is 469 g/mol. The molecule has 1 heterocycles. The van der Waals surface area contributed by atoms with Crippen LogP contribution in [0, 0.1) is 0 Å². The van der Waals surface area contributed by atoms with Crippen molar-refractivity contribution >= 4 is 40.0 Å². The average molecular weight is 499 g/mol. The highest BCUT2D eigenvalue weighted by Gasteiger charge is 2.16. The molecule has 0 spiro atoms. The van der Waals surface area contributed by atoms with Gasteiger partial charge in [-0.05, 0) is 12.8 Å². The number of guanidine groups is 1. The van der Waals surface area contributed by atoms with Crippen LogP contribution in [0.3, 0.4) is 0 Å². The Hall–Kier alpha value is -0.950. The van der Waals surface area contributed by atoms with E-state index in [9.17, 15) is 8.42 Å². The molecule has 26 heavy (non-hydrogen) atoms. The minimum atomic E-state index is -3.18. The van der Waals surface area contributed by atoms with Gasteiger partial charge in [-0.1, -0.05) is 19.8 Å². The maximum Gasteiger partial charge on any atom is 0.208 e. The first kappa shape index (κ1) is 23.1. The van der Waals surface area contributed by atoms with Gasteiger partial charge in [-0.3, -0.25) is 4.99 Å². The number of nitrogens with zero attached hydrogens (tertiary/aromatic N) is 4. The van der Waals surface area contributed by atoms with Gasteiger partial charge in [0.15, 0.2) is 5.96 Å². The van der Waals surface area contributed by atoms with Crippen molar-refractivity contribution < 1.29 is 8.42 Å². The molecule has 0 aliphatic heterocycles. The van der Waals surface area contributed by atoms with Crippen LogP contribution in [0.1, 0.15) is 38.4 Å². The van der Waals surface area contributed by atoms with Crippen LogP contribution in [0.2, 0.25) is 0 Å². The Kier molecular flexibility index (Phi) is 10.4. The van der Waals surface area contributed by atoms with E-state index in [-0.39, 0.29) is 24.0 Å². The van der Waals surface area contributed by atoms with E-state index >= 15 is 0 Å². The Morgan fingerprint density at radius 1 is 1.35 bits per heavy atom. The molecule has 3 N–H and O–H groups in total. The molecule has 1 aliphatic rings. The molecule has 1 aromatic rings. The van der Waals surface area contributed by atoms with E-state index in [1.807, 2.05) is 4.57 Å². The van der Waals surface area contributed by atoms with E-state index in [0.717, 1.165) is 43.8 Å². The second-order valence-electron chi connectivity index (χ2n) is 6.24. The highest BCUT2D eigenvalue weighted by atomic mass is 127. The predicted octanol–water partition coefficient (Wildman–Crippen LogP) is 0.486. The number of sulfonamides is 1. The van der Waals surface area contributed by atoms with Gasteiger partial charge in [0, 0.05) is 32.1 Å². The summed E-state index contributed by atoms with van der Waals surface area (Å²) < 4.78 is 26.7. The van der Waals surface area contributed by atoms with Crippen LogP contribution in [0.5, 0.6) is 0 Å². The summed E-state index contributed by atoms with van der Waals surface area (Å²) in [5.41, 5.74) is 0. The second-order valence-corrected chi connectivity index (χ2v) is 8.08. The largest absolute Gasteiger partial charge is 0.355 e. The Morgan fingerprint density at radius 3 is 2.73 bits per heavy atom. The molecule has 1 aliphatic carbocycles. The Bertz CT molecular complexity index is 657. The quantitative estimate of drug-likeness (QED) is 0.197. The second kappa shape index (κ2) is 11.7. The third kappa shape index (κ3) is 8.62. The van der Waals surface area contributed by atoms with Crippen LogP contribution in [-0.2, 0) is 23.0 Å². The third-order valence-electron chi connectivity index (χ3n) is 4.10. The van der Waals surface area contributed by atoms with Crippen molar-refractivity contribution in [2.75, 3.05) is 25.9 Å². The van der Waals surface area contributed by atoms with Gasteiger partial charge in [0.05, 0.1) is 12.8 Å². The van der Waals surface area contributed by atoms with E-state index in [2.05, 4.69) is 37.5 Å². The fourth-order valence-electron chi connectivity index (χ4n) is 2.85. The SMILES string of the molecule is CCc1nncn1CCNC(=NCCNS(C)(=O)=O)NC1CCCC1.I. The van der Waals surface area contributed by atoms with Crippen molar-refractivity contribution in [3.8, 4) is 0 Å². The lowest BCUT2D eigenvalue weighted by Crippen LogP contribution is -2.44. The van der Waals surface area contributed by atoms with Crippen molar-refractivity contribution in [3.63, 3.8) is 0 Å². The summed E-state index contributed by atoms with van der Waals surface area (Å²) in [7, 11) is -3.18. The lowest BCUT2D eigenvalue weighted by molar-refractivity contribution is 0.585. The molecule has 0 saturated heterocycles. The number of rotatable bonds is 9. The number of hydrogen-bond acceptors (Lipinski definition) is 5. The lowest BCUT2D eigenvalue weighted by atomic mass is 10.2. The molecule has 1 aromatic heterocycles. The summed E-state index contributed by atoms with van der Waals surface area (Å²) in [5.74, 6) is 1.69. The molecule has 0 unspecified atom stereocenters. The molecule has 0 atom stereocenters. The molecule has 11 heteroatoms. The maximum atomic E-state index is 11.1. The predicted molar refractivity (Wildman–Crippen MR) is 113 cm³/mol. The fraction of sp³-hybridized carbons (Fsp3) is 0.800. The summed E-state index contributed by atoms with van der Waals surface area (Å²) >= 11 is 0. The van der Waals surface area contributed by atoms with E-state index in [0.29, 0.717) is 25.7 Å². The summed E-state index contributed by atoms with van der Waals surface area (Å²) in [6, 6.07) is 0.440. The van der Waals surface area contributed by atoms with Gasteiger partial charge in [0.25, 0.3) is 0 Å². The molecule has 0 amide bonds. The minimum Gasteiger partial charge on any atom is -0.355 e. The molecule has 1 fully saturated rings. The Labute approximate surface area is 172 Å². The van der Waals surface area contributed by atoms with Crippen LogP contribution in [-0.4, -0.2) is 61.1 Å². The van der Waals surface area contributed by atoms with Crippen molar-refractivity contribution in [2.24, 2.45) is 4.99 Å². The molecule has 150 valence electrons. The van der Waals surface area contributed by atoms with Gasteiger partial charge in [0.1, 0.15) is 12.2 Å². The van der Waals surface area contributed by atoms with Gasteiger partial charge in [0.2, 0.25) is 10.0 Å². The maximum absolute atomic E-state index is 11.1. The van der Waals surface area contributed by atoms with E-state index < -0.39 is 10.0 Å². The summed E-state index contributed by atoms with van der Waals surface area (Å²) in [6.45, 7) is 4.19. The van der Waals surface area contributed by atoms with Gasteiger partial charge in [-0.25, -0.2) is 13.1 Å². The topological polar surface area (TPSA) is 113 Å². The lowest BCUT2D eigenvalue weighted by Gasteiger charge is -2.18. The van der Waals surface area contributed by atoms with Crippen molar-refractivity contribution in [1.29, 1.82) is 0 Å². The Balaban J connectivity index is 0.00000338. The number of aryl methyl sites for hydroxylation is 1. The Morgan fingerprint density at radius 2 is 2.08 bits per heavy atom.